The van der Waals surface area contributed by atoms with Crippen molar-refractivity contribution in [1.29, 1.82) is 0 Å². The number of hydrogen-bond acceptors (Lipinski definition) is 4. The molecule has 1 rings (SSSR count). The number of rotatable bonds is 4. The number of ketones is 2. The van der Waals surface area contributed by atoms with Gasteiger partial charge in [-0.25, -0.2) is 0 Å². The Hall–Kier alpha value is -1.58. The minimum absolute atomic E-state index is 0.0253. The van der Waals surface area contributed by atoms with Gasteiger partial charge in [-0.3, -0.25) is 9.59 Å². The van der Waals surface area contributed by atoms with Crippen LogP contribution in [0, 0.1) is 11.3 Å². The molecule has 0 spiro atoms. The van der Waals surface area contributed by atoms with Crippen LogP contribution in [0.25, 0.3) is 0 Å². The summed E-state index contributed by atoms with van der Waals surface area (Å²) in [6, 6.07) is 0. The van der Waals surface area contributed by atoms with Crippen LogP contribution in [0.2, 0.25) is 0 Å². The summed E-state index contributed by atoms with van der Waals surface area (Å²) in [5, 5.41) is 9.42. The van der Waals surface area contributed by atoms with Crippen LogP contribution in [0.1, 0.15) is 40.5 Å². The number of hydrogen-bond donors (Lipinski definition) is 1. The number of methoxy groups -OCH3 is 1. The van der Waals surface area contributed by atoms with Crippen molar-refractivity contribution in [2.45, 2.75) is 40.5 Å². The molecule has 0 aromatic rings. The second kappa shape index (κ2) is 5.59. The van der Waals surface area contributed by atoms with Crippen LogP contribution in [0.5, 0.6) is 0 Å². The fraction of sp³-hybridized carbons (Fsp3) is 0.600. The largest absolute Gasteiger partial charge is 0.515 e. The van der Waals surface area contributed by atoms with Crippen LogP contribution in [0.15, 0.2) is 23.2 Å². The van der Waals surface area contributed by atoms with E-state index in [0.29, 0.717) is 12.0 Å². The maximum atomic E-state index is 12.5. The average molecular weight is 266 g/mol. The first-order valence-corrected chi connectivity index (χ1v) is 6.61. The molecule has 1 aliphatic carbocycles. The van der Waals surface area contributed by atoms with Crippen molar-refractivity contribution in [3.05, 3.63) is 23.2 Å². The van der Waals surface area contributed by atoms with E-state index in [9.17, 15) is 14.7 Å². The zero-order valence-electron chi connectivity index (χ0n) is 12.2. The van der Waals surface area contributed by atoms with Gasteiger partial charge in [0.2, 0.25) is 5.78 Å². The average Bonchev–Trinajstić information content (AvgIpc) is 2.43. The number of aliphatic hydroxyl groups is 1. The van der Waals surface area contributed by atoms with E-state index >= 15 is 0 Å². The highest BCUT2D eigenvalue weighted by atomic mass is 16.5. The van der Waals surface area contributed by atoms with Gasteiger partial charge in [0.05, 0.1) is 24.4 Å². The Balaban J connectivity index is 3.59. The van der Waals surface area contributed by atoms with E-state index in [2.05, 4.69) is 0 Å². The Labute approximate surface area is 114 Å². The molecule has 1 N–H and O–H groups in total. The predicted molar refractivity (Wildman–Crippen MR) is 72.6 cm³/mol. The molecule has 2 atom stereocenters. The van der Waals surface area contributed by atoms with E-state index in [1.54, 1.807) is 13.8 Å². The normalized spacial score (nSPS) is 27.9. The Kier molecular flexibility index (Phi) is 4.56. The van der Waals surface area contributed by atoms with E-state index in [1.165, 1.54) is 7.11 Å². The molecular weight excluding hydrogens is 244 g/mol. The summed E-state index contributed by atoms with van der Waals surface area (Å²) >= 11 is 0. The Morgan fingerprint density at radius 2 is 1.89 bits per heavy atom. The highest BCUT2D eigenvalue weighted by molar-refractivity contribution is 6.24. The van der Waals surface area contributed by atoms with Crippen molar-refractivity contribution < 1.29 is 19.4 Å². The van der Waals surface area contributed by atoms with Gasteiger partial charge in [0.1, 0.15) is 0 Å². The molecule has 0 saturated carbocycles. The molecule has 19 heavy (non-hydrogen) atoms. The third kappa shape index (κ3) is 2.20. The second-order valence-electron chi connectivity index (χ2n) is 5.14. The Morgan fingerprint density at radius 3 is 2.26 bits per heavy atom. The zero-order valence-corrected chi connectivity index (χ0v) is 12.2. The van der Waals surface area contributed by atoms with Gasteiger partial charge in [0.25, 0.3) is 0 Å². The van der Waals surface area contributed by atoms with Gasteiger partial charge in [-0.15, -0.1) is 0 Å². The van der Waals surface area contributed by atoms with Crippen LogP contribution in [0.3, 0.4) is 0 Å². The van der Waals surface area contributed by atoms with Gasteiger partial charge in [-0.1, -0.05) is 20.8 Å². The fourth-order valence-corrected chi connectivity index (χ4v) is 2.36. The van der Waals surface area contributed by atoms with E-state index < -0.39 is 5.41 Å². The molecule has 0 fully saturated rings. The van der Waals surface area contributed by atoms with E-state index in [0.717, 1.165) is 12.7 Å². The smallest absolute Gasteiger partial charge is 0.211 e. The molecule has 0 radical (unpaired) electrons. The molecule has 1 aliphatic rings. The fourth-order valence-electron chi connectivity index (χ4n) is 2.36. The van der Waals surface area contributed by atoms with Crippen molar-refractivity contribution in [3.63, 3.8) is 0 Å². The summed E-state index contributed by atoms with van der Waals surface area (Å²) in [6.45, 7) is 7.26. The zero-order chi connectivity index (χ0) is 14.8. The summed E-state index contributed by atoms with van der Waals surface area (Å²) in [4.78, 5) is 25.0. The molecular formula is C15H22O4. The number of ether oxygens (including phenoxy) is 1. The molecule has 0 aromatic heterocycles. The maximum Gasteiger partial charge on any atom is 0.211 e. The summed E-state index contributed by atoms with van der Waals surface area (Å²) in [5.74, 6) is -0.428. The Morgan fingerprint density at radius 1 is 1.32 bits per heavy atom. The molecule has 0 saturated heterocycles. The number of carbonyl (C=O) groups excluding carboxylic acids is 2. The lowest BCUT2D eigenvalue weighted by Crippen LogP contribution is -2.43. The van der Waals surface area contributed by atoms with Gasteiger partial charge in [-0.2, -0.15) is 0 Å². The van der Waals surface area contributed by atoms with Crippen molar-refractivity contribution in [1.82, 2.24) is 0 Å². The van der Waals surface area contributed by atoms with E-state index in [-0.39, 0.29) is 28.8 Å². The lowest BCUT2D eigenvalue weighted by molar-refractivity contribution is -0.138. The molecule has 4 heteroatoms. The van der Waals surface area contributed by atoms with Gasteiger partial charge >= 0.3 is 0 Å². The number of aliphatic hydroxyl groups excluding tert-OH is 1. The van der Waals surface area contributed by atoms with Crippen molar-refractivity contribution in [2.75, 3.05) is 7.11 Å². The minimum atomic E-state index is -1.14. The summed E-state index contributed by atoms with van der Waals surface area (Å²) in [7, 11) is 1.43. The monoisotopic (exact) mass is 266 g/mol. The maximum absolute atomic E-state index is 12.5. The third-order valence-corrected chi connectivity index (χ3v) is 4.13. The first-order chi connectivity index (χ1) is 8.88. The highest BCUT2D eigenvalue weighted by Gasteiger charge is 2.49. The topological polar surface area (TPSA) is 63.6 Å². The lowest BCUT2D eigenvalue weighted by atomic mass is 9.67. The standard InChI is InChI=1S/C15H22O4/c1-6-9(3)11-10(8-16)13(17)15(4,7-2)14(18)12(11)19-5/h8-9,16H,6-7H2,1-5H3/b10-8-/t9-,15-/m0/s1. The predicted octanol–water partition coefficient (Wildman–Crippen LogP) is 2.94. The first kappa shape index (κ1) is 15.5. The molecule has 0 aromatic carbocycles. The van der Waals surface area contributed by atoms with Crippen molar-refractivity contribution in [2.24, 2.45) is 11.3 Å². The molecule has 0 unspecified atom stereocenters. The van der Waals surface area contributed by atoms with E-state index in [4.69, 9.17) is 4.74 Å². The number of allylic oxidation sites excluding steroid dienone is 3. The summed E-state index contributed by atoms with van der Waals surface area (Å²) < 4.78 is 5.24. The quantitative estimate of drug-likeness (QED) is 0.483. The van der Waals surface area contributed by atoms with Gasteiger partial charge in [0, 0.05) is 5.57 Å². The van der Waals surface area contributed by atoms with Crippen molar-refractivity contribution >= 4 is 11.6 Å². The van der Waals surface area contributed by atoms with Crippen LogP contribution >= 0.6 is 0 Å². The summed E-state index contributed by atoms with van der Waals surface area (Å²) in [5.41, 5.74) is -0.416. The molecule has 0 heterocycles. The Bertz CT molecular complexity index is 459. The van der Waals surface area contributed by atoms with Gasteiger partial charge < -0.3 is 9.84 Å². The van der Waals surface area contributed by atoms with Crippen LogP contribution in [-0.4, -0.2) is 23.8 Å². The van der Waals surface area contributed by atoms with Gasteiger partial charge in [0.15, 0.2) is 11.5 Å². The van der Waals surface area contributed by atoms with E-state index in [1.807, 2.05) is 13.8 Å². The third-order valence-electron chi connectivity index (χ3n) is 4.13. The molecule has 0 bridgehead atoms. The first-order valence-electron chi connectivity index (χ1n) is 6.61. The lowest BCUT2D eigenvalue weighted by Gasteiger charge is -2.34. The summed E-state index contributed by atoms with van der Waals surface area (Å²) in [6.07, 6.45) is 1.94. The SMILES string of the molecule is CC[C@H](C)C1=C(OC)C(=O)[C@@](C)(CC)C(=O)/C1=C\O. The molecule has 0 amide bonds. The molecule has 4 nitrogen and oxygen atoms in total. The molecule has 0 aliphatic heterocycles. The molecule has 106 valence electrons. The van der Waals surface area contributed by atoms with Crippen LogP contribution in [0.4, 0.5) is 0 Å². The second-order valence-corrected chi connectivity index (χ2v) is 5.14. The number of carbonyl (C=O) groups is 2. The minimum Gasteiger partial charge on any atom is -0.515 e. The number of Topliss-reactive ketones (excluding diaryl/α,β-unsaturated/α-hetero) is 2. The van der Waals surface area contributed by atoms with Crippen molar-refractivity contribution in [3.8, 4) is 0 Å². The van der Waals surface area contributed by atoms with Crippen LogP contribution < -0.4 is 0 Å². The van der Waals surface area contributed by atoms with Gasteiger partial charge in [-0.05, 0) is 25.7 Å². The highest BCUT2D eigenvalue weighted by Crippen LogP contribution is 2.42. The van der Waals surface area contributed by atoms with Crippen LogP contribution in [-0.2, 0) is 14.3 Å².